The van der Waals surface area contributed by atoms with Gasteiger partial charge in [0.05, 0.1) is 0 Å². The number of terminal acetylenes is 1. The summed E-state index contributed by atoms with van der Waals surface area (Å²) < 4.78 is 0. The molecule has 2 rings (SSSR count). The molecule has 1 aromatic heterocycles. The Bertz CT molecular complexity index is 497. The van der Waals surface area contributed by atoms with Crippen LogP contribution in [-0.4, -0.2) is 10.1 Å². The van der Waals surface area contributed by atoms with E-state index in [0.717, 1.165) is 10.8 Å². The Labute approximate surface area is 75.9 Å². The number of nitrogens with zero attached hydrogens (tertiary/aromatic N) is 1. The second kappa shape index (κ2) is 2.80. The van der Waals surface area contributed by atoms with Gasteiger partial charge < -0.3 is 5.11 Å². The molecule has 13 heavy (non-hydrogen) atoms. The molecule has 0 spiro atoms. The van der Waals surface area contributed by atoms with Crippen molar-refractivity contribution in [3.63, 3.8) is 0 Å². The molecule has 0 saturated carbocycles. The van der Waals surface area contributed by atoms with Gasteiger partial charge in [-0.05, 0) is 35.6 Å². The third-order valence-corrected chi connectivity index (χ3v) is 1.88. The number of aromatic nitrogens is 1. The van der Waals surface area contributed by atoms with E-state index in [9.17, 15) is 5.11 Å². The Hall–Kier alpha value is -2.01. The summed E-state index contributed by atoms with van der Waals surface area (Å²) in [5, 5.41) is 11.0. The molecule has 1 aromatic carbocycles. The van der Waals surface area contributed by atoms with E-state index < -0.39 is 0 Å². The Balaban J connectivity index is 2.87. The number of rotatable bonds is 0. The standard InChI is InChI=1S/C11H7NO/c1-2-11-10-4-3-9(13)7-8(10)5-6-12-11/h1,3-7,13H. The van der Waals surface area contributed by atoms with Crippen molar-refractivity contribution in [3.8, 4) is 18.1 Å². The highest BCUT2D eigenvalue weighted by Gasteiger charge is 1.99. The molecule has 2 heteroatoms. The topological polar surface area (TPSA) is 33.1 Å². The highest BCUT2D eigenvalue weighted by molar-refractivity contribution is 5.87. The summed E-state index contributed by atoms with van der Waals surface area (Å²) in [7, 11) is 0. The molecular weight excluding hydrogens is 162 g/mol. The maximum Gasteiger partial charge on any atom is 0.120 e. The first-order valence-corrected chi connectivity index (χ1v) is 3.85. The van der Waals surface area contributed by atoms with Crippen molar-refractivity contribution in [1.29, 1.82) is 0 Å². The normalized spacial score (nSPS) is 9.77. The molecule has 0 atom stereocenters. The lowest BCUT2D eigenvalue weighted by Crippen LogP contribution is -1.83. The summed E-state index contributed by atoms with van der Waals surface area (Å²) in [5.74, 6) is 2.73. The van der Waals surface area contributed by atoms with Crippen LogP contribution in [-0.2, 0) is 0 Å². The quantitative estimate of drug-likeness (QED) is 0.611. The van der Waals surface area contributed by atoms with Crippen LogP contribution in [0.2, 0.25) is 0 Å². The van der Waals surface area contributed by atoms with Crippen LogP contribution in [0, 0.1) is 12.3 Å². The molecule has 62 valence electrons. The Morgan fingerprint density at radius 1 is 1.31 bits per heavy atom. The molecule has 0 aliphatic rings. The average molecular weight is 169 g/mol. The van der Waals surface area contributed by atoms with Gasteiger partial charge in [-0.15, -0.1) is 6.42 Å². The number of phenols is 1. The van der Waals surface area contributed by atoms with Crippen molar-refractivity contribution in [2.45, 2.75) is 0 Å². The first-order chi connectivity index (χ1) is 6.31. The van der Waals surface area contributed by atoms with Crippen molar-refractivity contribution in [3.05, 3.63) is 36.2 Å². The van der Waals surface area contributed by atoms with E-state index in [4.69, 9.17) is 6.42 Å². The molecule has 0 fully saturated rings. The lowest BCUT2D eigenvalue weighted by atomic mass is 10.1. The van der Waals surface area contributed by atoms with Crippen LogP contribution < -0.4 is 0 Å². The molecule has 1 N–H and O–H groups in total. The minimum absolute atomic E-state index is 0.238. The van der Waals surface area contributed by atoms with Gasteiger partial charge in [-0.25, -0.2) is 4.98 Å². The van der Waals surface area contributed by atoms with Gasteiger partial charge in [0, 0.05) is 11.6 Å². The maximum atomic E-state index is 9.22. The zero-order valence-electron chi connectivity index (χ0n) is 6.86. The largest absolute Gasteiger partial charge is 0.508 e. The summed E-state index contributed by atoms with van der Waals surface area (Å²) in [5.41, 5.74) is 0.609. The van der Waals surface area contributed by atoms with Crippen molar-refractivity contribution >= 4 is 10.8 Å². The number of fused-ring (bicyclic) bond motifs is 1. The molecule has 0 aliphatic carbocycles. The van der Waals surface area contributed by atoms with Crippen LogP contribution >= 0.6 is 0 Å². The summed E-state index contributed by atoms with van der Waals surface area (Å²) in [4.78, 5) is 4.04. The number of hydrogen-bond acceptors (Lipinski definition) is 2. The molecular formula is C11H7NO. The van der Waals surface area contributed by atoms with Gasteiger partial charge in [0.2, 0.25) is 0 Å². The second-order valence-electron chi connectivity index (χ2n) is 2.71. The number of hydrogen-bond donors (Lipinski definition) is 1. The fraction of sp³-hybridized carbons (Fsp3) is 0. The smallest absolute Gasteiger partial charge is 0.120 e. The van der Waals surface area contributed by atoms with Crippen molar-refractivity contribution in [1.82, 2.24) is 4.98 Å². The molecule has 2 nitrogen and oxygen atoms in total. The fourth-order valence-electron chi connectivity index (χ4n) is 1.28. The third kappa shape index (κ3) is 1.21. The predicted molar refractivity (Wildman–Crippen MR) is 51.3 cm³/mol. The van der Waals surface area contributed by atoms with E-state index in [-0.39, 0.29) is 5.75 Å². The van der Waals surface area contributed by atoms with E-state index in [1.165, 1.54) is 0 Å². The van der Waals surface area contributed by atoms with Crippen LogP contribution in [0.25, 0.3) is 10.8 Å². The van der Waals surface area contributed by atoms with Crippen molar-refractivity contribution in [2.75, 3.05) is 0 Å². The summed E-state index contributed by atoms with van der Waals surface area (Å²) >= 11 is 0. The van der Waals surface area contributed by atoms with E-state index in [2.05, 4.69) is 10.9 Å². The first kappa shape index (κ1) is 7.63. The molecule has 1 heterocycles. The zero-order valence-corrected chi connectivity index (χ0v) is 6.86. The highest BCUT2D eigenvalue weighted by atomic mass is 16.3. The molecule has 0 unspecified atom stereocenters. The van der Waals surface area contributed by atoms with E-state index in [1.54, 1.807) is 24.4 Å². The maximum absolute atomic E-state index is 9.22. The first-order valence-electron chi connectivity index (χ1n) is 3.85. The van der Waals surface area contributed by atoms with Crippen molar-refractivity contribution in [2.24, 2.45) is 0 Å². The fourth-order valence-corrected chi connectivity index (χ4v) is 1.28. The van der Waals surface area contributed by atoms with Gasteiger partial charge in [0.25, 0.3) is 0 Å². The average Bonchev–Trinajstić information content (AvgIpc) is 2.16. The molecule has 0 saturated heterocycles. The van der Waals surface area contributed by atoms with Gasteiger partial charge in [0.15, 0.2) is 0 Å². The lowest BCUT2D eigenvalue weighted by Gasteiger charge is -1.99. The summed E-state index contributed by atoms with van der Waals surface area (Å²) in [6, 6.07) is 6.85. The molecule has 0 aliphatic heterocycles. The number of phenolic OH excluding ortho intramolecular Hbond substituents is 1. The molecule has 0 amide bonds. The zero-order chi connectivity index (χ0) is 9.26. The highest BCUT2D eigenvalue weighted by Crippen LogP contribution is 2.20. The van der Waals surface area contributed by atoms with Crippen LogP contribution in [0.1, 0.15) is 5.69 Å². The molecule has 0 radical (unpaired) electrons. The van der Waals surface area contributed by atoms with Crippen LogP contribution in [0.4, 0.5) is 0 Å². The SMILES string of the molecule is C#Cc1nccc2cc(O)ccc12. The number of aromatic hydroxyl groups is 1. The van der Waals surface area contributed by atoms with Gasteiger partial charge in [0.1, 0.15) is 11.4 Å². The Morgan fingerprint density at radius 3 is 2.92 bits per heavy atom. The minimum atomic E-state index is 0.238. The van der Waals surface area contributed by atoms with E-state index in [0.29, 0.717) is 5.69 Å². The molecule has 2 aromatic rings. The van der Waals surface area contributed by atoms with Gasteiger partial charge in [-0.1, -0.05) is 0 Å². The predicted octanol–water partition coefficient (Wildman–Crippen LogP) is 1.92. The minimum Gasteiger partial charge on any atom is -0.508 e. The van der Waals surface area contributed by atoms with Gasteiger partial charge in [-0.3, -0.25) is 0 Å². The monoisotopic (exact) mass is 169 g/mol. The lowest BCUT2D eigenvalue weighted by molar-refractivity contribution is 0.476. The summed E-state index contributed by atoms with van der Waals surface area (Å²) in [6.45, 7) is 0. The van der Waals surface area contributed by atoms with Crippen molar-refractivity contribution < 1.29 is 5.11 Å². The summed E-state index contributed by atoms with van der Waals surface area (Å²) in [6.07, 6.45) is 6.91. The van der Waals surface area contributed by atoms with Crippen LogP contribution in [0.15, 0.2) is 30.5 Å². The Morgan fingerprint density at radius 2 is 2.15 bits per heavy atom. The number of pyridine rings is 1. The van der Waals surface area contributed by atoms with Crippen LogP contribution in [0.5, 0.6) is 5.75 Å². The van der Waals surface area contributed by atoms with Gasteiger partial charge in [-0.2, -0.15) is 0 Å². The third-order valence-electron chi connectivity index (χ3n) is 1.88. The van der Waals surface area contributed by atoms with E-state index in [1.807, 2.05) is 6.07 Å². The second-order valence-corrected chi connectivity index (χ2v) is 2.71. The number of benzene rings is 1. The van der Waals surface area contributed by atoms with Gasteiger partial charge >= 0.3 is 0 Å². The van der Waals surface area contributed by atoms with Crippen LogP contribution in [0.3, 0.4) is 0 Å². The van der Waals surface area contributed by atoms with E-state index >= 15 is 0 Å². The Kier molecular flexibility index (Phi) is 1.64. The molecule has 0 bridgehead atoms.